The molecule has 3 rings (SSSR count). The van der Waals surface area contributed by atoms with Gasteiger partial charge in [-0.25, -0.2) is 0 Å². The van der Waals surface area contributed by atoms with Crippen LogP contribution in [-0.2, 0) is 9.53 Å². The van der Waals surface area contributed by atoms with Crippen molar-refractivity contribution in [2.24, 2.45) is 5.41 Å². The van der Waals surface area contributed by atoms with Crippen LogP contribution in [0.25, 0.3) is 0 Å². The molecule has 1 atom stereocenters. The van der Waals surface area contributed by atoms with E-state index in [1.54, 1.807) is 7.11 Å². The van der Waals surface area contributed by atoms with Gasteiger partial charge in [-0.2, -0.15) is 0 Å². The molecule has 132 valence electrons. The number of cyclic esters (lactones) is 1. The molecule has 0 N–H and O–H groups in total. The van der Waals surface area contributed by atoms with Gasteiger partial charge in [0.05, 0.1) is 12.5 Å². The first-order chi connectivity index (χ1) is 11.5. The fourth-order valence-corrected chi connectivity index (χ4v) is 3.52. The Labute approximate surface area is 144 Å². The number of carbonyl (C=O) groups is 1. The lowest BCUT2D eigenvalue weighted by atomic mass is 9.89. The van der Waals surface area contributed by atoms with E-state index in [9.17, 15) is 4.79 Å². The van der Waals surface area contributed by atoms with Gasteiger partial charge >= 0.3 is 5.97 Å². The van der Waals surface area contributed by atoms with E-state index in [0.717, 1.165) is 51.3 Å². The molecule has 0 spiro atoms. The first-order valence-corrected chi connectivity index (χ1v) is 8.80. The molecule has 5 heteroatoms. The molecule has 1 aromatic carbocycles. The van der Waals surface area contributed by atoms with E-state index in [1.807, 2.05) is 26.0 Å². The predicted molar refractivity (Wildman–Crippen MR) is 94.5 cm³/mol. The summed E-state index contributed by atoms with van der Waals surface area (Å²) in [6.45, 7) is 9.12. The third-order valence-corrected chi connectivity index (χ3v) is 5.14. The smallest absolute Gasteiger partial charge is 0.311 e. The number of nitrogens with zero attached hydrogens (tertiary/aromatic N) is 2. The van der Waals surface area contributed by atoms with Crippen LogP contribution >= 0.6 is 0 Å². The van der Waals surface area contributed by atoms with E-state index in [2.05, 4.69) is 21.9 Å². The highest BCUT2D eigenvalue weighted by molar-refractivity contribution is 5.78. The summed E-state index contributed by atoms with van der Waals surface area (Å²) < 4.78 is 10.7. The van der Waals surface area contributed by atoms with Gasteiger partial charge in [-0.3, -0.25) is 9.69 Å². The van der Waals surface area contributed by atoms with Crippen molar-refractivity contribution < 1.29 is 14.3 Å². The molecular weight excluding hydrogens is 304 g/mol. The number of rotatable bonds is 5. The minimum absolute atomic E-state index is 0.0446. The Hall–Kier alpha value is -1.75. The Morgan fingerprint density at radius 2 is 1.83 bits per heavy atom. The third kappa shape index (κ3) is 3.83. The molecule has 1 aromatic rings. The summed E-state index contributed by atoms with van der Waals surface area (Å²) in [6, 6.07) is 8.26. The summed E-state index contributed by atoms with van der Waals surface area (Å²) in [5.41, 5.74) is 0.944. The molecule has 2 fully saturated rings. The number of ether oxygens (including phenoxy) is 2. The van der Waals surface area contributed by atoms with Crippen molar-refractivity contribution in [3.05, 3.63) is 24.3 Å². The van der Waals surface area contributed by atoms with Crippen LogP contribution in [0.2, 0.25) is 0 Å². The second-order valence-corrected chi connectivity index (χ2v) is 7.43. The molecule has 2 heterocycles. The lowest BCUT2D eigenvalue weighted by molar-refractivity contribution is -0.147. The summed E-state index contributed by atoms with van der Waals surface area (Å²) in [5, 5.41) is 0. The van der Waals surface area contributed by atoms with Crippen molar-refractivity contribution >= 4 is 11.7 Å². The van der Waals surface area contributed by atoms with Gasteiger partial charge in [0, 0.05) is 38.4 Å². The second-order valence-electron chi connectivity index (χ2n) is 7.43. The SMILES string of the molecule is COc1ccc(N2CCN(CC[C@H]3CC(C)(C)C(=O)O3)CC2)cc1. The van der Waals surface area contributed by atoms with Crippen LogP contribution in [0, 0.1) is 5.41 Å². The van der Waals surface area contributed by atoms with Crippen molar-refractivity contribution in [3.8, 4) is 5.75 Å². The molecule has 24 heavy (non-hydrogen) atoms. The van der Waals surface area contributed by atoms with Gasteiger partial charge in [-0.05, 0) is 51.0 Å². The number of esters is 1. The lowest BCUT2D eigenvalue weighted by Crippen LogP contribution is -2.47. The number of anilines is 1. The normalized spacial score (nSPS) is 24.0. The molecule has 2 saturated heterocycles. The zero-order valence-corrected chi connectivity index (χ0v) is 15.0. The molecule has 0 radical (unpaired) electrons. The largest absolute Gasteiger partial charge is 0.497 e. The Bertz CT molecular complexity index is 562. The summed E-state index contributed by atoms with van der Waals surface area (Å²) >= 11 is 0. The van der Waals surface area contributed by atoms with Gasteiger partial charge < -0.3 is 14.4 Å². The van der Waals surface area contributed by atoms with Gasteiger partial charge in [-0.15, -0.1) is 0 Å². The molecule has 0 bridgehead atoms. The van der Waals surface area contributed by atoms with Crippen LogP contribution in [0.5, 0.6) is 5.75 Å². The van der Waals surface area contributed by atoms with Gasteiger partial charge in [-0.1, -0.05) is 0 Å². The fraction of sp³-hybridized carbons (Fsp3) is 0.632. The number of piperazine rings is 1. The molecule has 2 aliphatic rings. The molecule has 5 nitrogen and oxygen atoms in total. The summed E-state index contributed by atoms with van der Waals surface area (Å²) in [5.74, 6) is 0.850. The Morgan fingerprint density at radius 1 is 1.17 bits per heavy atom. The highest BCUT2D eigenvalue weighted by Gasteiger charge is 2.41. The predicted octanol–water partition coefficient (Wildman–Crippen LogP) is 2.55. The van der Waals surface area contributed by atoms with E-state index in [-0.39, 0.29) is 17.5 Å². The molecule has 0 aromatic heterocycles. The molecule has 0 unspecified atom stereocenters. The van der Waals surface area contributed by atoms with Crippen LogP contribution in [0.1, 0.15) is 26.7 Å². The fourth-order valence-electron chi connectivity index (χ4n) is 3.52. The number of hydrogen-bond acceptors (Lipinski definition) is 5. The molecule has 0 amide bonds. The minimum atomic E-state index is -0.308. The quantitative estimate of drug-likeness (QED) is 0.775. The topological polar surface area (TPSA) is 42.0 Å². The number of methoxy groups -OCH3 is 1. The van der Waals surface area contributed by atoms with Crippen LogP contribution in [0.4, 0.5) is 5.69 Å². The molecule has 0 aliphatic carbocycles. The van der Waals surface area contributed by atoms with E-state index < -0.39 is 0 Å². The molecule has 0 saturated carbocycles. The zero-order chi connectivity index (χ0) is 17.2. The molecular formula is C19H28N2O3. The zero-order valence-electron chi connectivity index (χ0n) is 15.0. The summed E-state index contributed by atoms with van der Waals surface area (Å²) in [4.78, 5) is 16.6. The van der Waals surface area contributed by atoms with Gasteiger partial charge in [0.15, 0.2) is 0 Å². The van der Waals surface area contributed by atoms with Crippen LogP contribution in [0.15, 0.2) is 24.3 Å². The van der Waals surface area contributed by atoms with Gasteiger partial charge in [0.1, 0.15) is 11.9 Å². The maximum Gasteiger partial charge on any atom is 0.311 e. The monoisotopic (exact) mass is 332 g/mol. The Morgan fingerprint density at radius 3 is 2.38 bits per heavy atom. The van der Waals surface area contributed by atoms with Crippen molar-refractivity contribution in [2.75, 3.05) is 44.7 Å². The average molecular weight is 332 g/mol. The van der Waals surface area contributed by atoms with Crippen LogP contribution < -0.4 is 9.64 Å². The van der Waals surface area contributed by atoms with Crippen molar-refractivity contribution in [1.82, 2.24) is 4.90 Å². The standard InChI is InChI=1S/C19H28N2O3/c1-19(2)14-17(24-18(19)22)8-9-20-10-12-21(13-11-20)15-4-6-16(23-3)7-5-15/h4-7,17H,8-14H2,1-3H3/t17-/m0/s1. The van der Waals surface area contributed by atoms with E-state index in [1.165, 1.54) is 5.69 Å². The average Bonchev–Trinajstić information content (AvgIpc) is 2.86. The number of benzene rings is 1. The maximum atomic E-state index is 11.8. The van der Waals surface area contributed by atoms with Crippen LogP contribution in [-0.4, -0.2) is 56.8 Å². The van der Waals surface area contributed by atoms with E-state index in [4.69, 9.17) is 9.47 Å². The Kier molecular flexibility index (Phi) is 4.99. The highest BCUT2D eigenvalue weighted by Crippen LogP contribution is 2.34. The van der Waals surface area contributed by atoms with Crippen LogP contribution in [0.3, 0.4) is 0 Å². The second kappa shape index (κ2) is 7.01. The number of hydrogen-bond donors (Lipinski definition) is 0. The summed E-state index contributed by atoms with van der Waals surface area (Å²) in [6.07, 6.45) is 1.88. The third-order valence-electron chi connectivity index (χ3n) is 5.14. The van der Waals surface area contributed by atoms with Crippen molar-refractivity contribution in [2.45, 2.75) is 32.8 Å². The maximum absolute atomic E-state index is 11.8. The lowest BCUT2D eigenvalue weighted by Gasteiger charge is -2.36. The number of carbonyl (C=O) groups excluding carboxylic acids is 1. The van der Waals surface area contributed by atoms with E-state index in [0.29, 0.717) is 0 Å². The minimum Gasteiger partial charge on any atom is -0.497 e. The first-order valence-electron chi connectivity index (χ1n) is 8.80. The van der Waals surface area contributed by atoms with Gasteiger partial charge in [0.2, 0.25) is 0 Å². The molecule has 2 aliphatic heterocycles. The van der Waals surface area contributed by atoms with E-state index >= 15 is 0 Å². The highest BCUT2D eigenvalue weighted by atomic mass is 16.6. The van der Waals surface area contributed by atoms with Crippen molar-refractivity contribution in [3.63, 3.8) is 0 Å². The summed E-state index contributed by atoms with van der Waals surface area (Å²) in [7, 11) is 1.69. The van der Waals surface area contributed by atoms with Gasteiger partial charge in [0.25, 0.3) is 0 Å². The van der Waals surface area contributed by atoms with Crippen molar-refractivity contribution in [1.29, 1.82) is 0 Å². The Balaban J connectivity index is 1.43. The first kappa shape index (κ1) is 17.1.